The largest absolute Gasteiger partial charge is 1.00 e. The van der Waals surface area contributed by atoms with Gasteiger partial charge in [-0.3, -0.25) is 4.55 Å². The van der Waals surface area contributed by atoms with Crippen LogP contribution in [0.4, 0.5) is 30.2 Å². The number of rotatable bonds is 3. The molecule has 0 aliphatic heterocycles. The van der Waals surface area contributed by atoms with Gasteiger partial charge in [-0.25, -0.2) is 0 Å². The molecule has 7 nitrogen and oxygen atoms in total. The molecule has 0 atom stereocenters. The van der Waals surface area contributed by atoms with Gasteiger partial charge >= 0.3 is 35.7 Å². The summed E-state index contributed by atoms with van der Waals surface area (Å²) in [5, 5.41) is 17.7. The molecule has 0 bridgehead atoms. The average Bonchev–Trinajstić information content (AvgIpc) is 2.59. The second-order valence-electron chi connectivity index (χ2n) is 5.73. The van der Waals surface area contributed by atoms with Crippen LogP contribution in [0.25, 0.3) is 10.8 Å². The van der Waals surface area contributed by atoms with Gasteiger partial charge in [0.05, 0.1) is 27.2 Å². The van der Waals surface area contributed by atoms with E-state index in [1.54, 1.807) is 0 Å². The predicted octanol–water partition coefficient (Wildman–Crippen LogP) is 1.81. The third-order valence-electron chi connectivity index (χ3n) is 3.84. The zero-order chi connectivity index (χ0) is 20.7. The quantitative estimate of drug-likeness (QED) is 0.251. The third-order valence-corrected chi connectivity index (χ3v) is 4.67. The van der Waals surface area contributed by atoms with Crippen LogP contribution in [0.1, 0.15) is 5.56 Å². The van der Waals surface area contributed by atoms with Crippen LogP contribution < -0.4 is 35.3 Å². The Bertz CT molecular complexity index is 1210. The number of aromatic hydroxyl groups is 1. The molecule has 3 aromatic rings. The van der Waals surface area contributed by atoms with E-state index in [2.05, 4.69) is 10.2 Å². The second-order valence-corrected chi connectivity index (χ2v) is 7.16. The minimum Gasteiger partial charge on any atom is -0.507 e. The van der Waals surface area contributed by atoms with Gasteiger partial charge in [0.1, 0.15) is 11.4 Å². The van der Waals surface area contributed by atoms with E-state index in [1.165, 1.54) is 24.3 Å². The van der Waals surface area contributed by atoms with Gasteiger partial charge in [-0.1, -0.05) is 18.2 Å². The Morgan fingerprint density at radius 2 is 1.66 bits per heavy atom. The summed E-state index contributed by atoms with van der Waals surface area (Å²) in [6.45, 7) is 0. The summed E-state index contributed by atoms with van der Waals surface area (Å²) in [6.07, 6.45) is -4.65. The van der Waals surface area contributed by atoms with Gasteiger partial charge in [-0.2, -0.15) is 21.6 Å². The molecule has 146 valence electrons. The van der Waals surface area contributed by atoms with Gasteiger partial charge in [-0.05, 0) is 29.7 Å². The number of fused-ring (bicyclic) bond motifs is 1. The maximum absolute atomic E-state index is 13.1. The van der Waals surface area contributed by atoms with E-state index in [1.807, 2.05) is 0 Å². The van der Waals surface area contributed by atoms with Gasteiger partial charge < -0.3 is 10.8 Å². The first-order chi connectivity index (χ1) is 13.0. The van der Waals surface area contributed by atoms with Crippen molar-refractivity contribution in [1.29, 1.82) is 0 Å². The van der Waals surface area contributed by atoms with Crippen molar-refractivity contribution in [3.63, 3.8) is 0 Å². The molecule has 0 spiro atoms. The maximum Gasteiger partial charge on any atom is 1.00 e. The number of nitrogen functional groups attached to an aromatic ring is 1. The van der Waals surface area contributed by atoms with E-state index < -0.39 is 38.2 Å². The Morgan fingerprint density at radius 1 is 1.00 bits per heavy atom. The van der Waals surface area contributed by atoms with Crippen LogP contribution in [0.2, 0.25) is 0 Å². The Kier molecular flexibility index (Phi) is 6.60. The van der Waals surface area contributed by atoms with Crippen molar-refractivity contribution < 1.29 is 60.8 Å². The number of nitrogens with zero attached hydrogens (tertiary/aromatic N) is 2. The first kappa shape index (κ1) is 23.1. The summed E-state index contributed by atoms with van der Waals surface area (Å²) in [5.74, 6) is -0.588. The average molecular weight is 434 g/mol. The van der Waals surface area contributed by atoms with E-state index in [0.29, 0.717) is 0 Å². The molecule has 12 heteroatoms. The Morgan fingerprint density at radius 3 is 2.28 bits per heavy atom. The second kappa shape index (κ2) is 8.28. The topological polar surface area (TPSA) is 125 Å². The number of phenols is 1. The summed E-state index contributed by atoms with van der Waals surface area (Å²) >= 11 is 0. The van der Waals surface area contributed by atoms with Crippen molar-refractivity contribution in [1.82, 2.24) is 0 Å². The fourth-order valence-corrected chi connectivity index (χ4v) is 3.11. The molecule has 4 N–H and O–H groups in total. The molecule has 3 aromatic carbocycles. The van der Waals surface area contributed by atoms with E-state index in [4.69, 9.17) is 10.3 Å². The molecule has 0 saturated heterocycles. The number of halogens is 3. The SMILES string of the molecule is Nc1ccc2cc(S(=O)(=O)O)cc(O)c2c1N=Nc1ccccc1C(F)(F)F.[Na+]. The number of phenolic OH excluding ortho intramolecular Hbond substituents is 1. The molecule has 3 rings (SSSR count). The van der Waals surface area contributed by atoms with E-state index in [0.717, 1.165) is 24.3 Å². The van der Waals surface area contributed by atoms with Gasteiger partial charge in [0.2, 0.25) is 0 Å². The molecule has 0 saturated carbocycles. The van der Waals surface area contributed by atoms with Crippen molar-refractivity contribution in [2.45, 2.75) is 11.1 Å². The van der Waals surface area contributed by atoms with Crippen LogP contribution in [0.5, 0.6) is 5.75 Å². The normalized spacial score (nSPS) is 12.3. The molecule has 0 aliphatic carbocycles. The van der Waals surface area contributed by atoms with Crippen molar-refractivity contribution in [2.24, 2.45) is 10.2 Å². The standard InChI is InChI=1S/C17H12F3N3O4S.Na/c18-17(19,20)11-3-1-2-4-13(11)22-23-16-12(21)6-5-9-7-10(28(25,26)27)8-14(24)15(9)16;/h1-8,24H,21H2,(H,25,26,27);/q;+1. The first-order valence-corrected chi connectivity index (χ1v) is 9.03. The van der Waals surface area contributed by atoms with Crippen LogP contribution in [-0.4, -0.2) is 18.1 Å². The minimum atomic E-state index is -4.65. The van der Waals surface area contributed by atoms with Crippen LogP contribution >= 0.6 is 0 Å². The smallest absolute Gasteiger partial charge is 0.507 e. The third kappa shape index (κ3) is 4.87. The summed E-state index contributed by atoms with van der Waals surface area (Å²) in [4.78, 5) is -0.562. The van der Waals surface area contributed by atoms with Gasteiger partial charge in [-0.15, -0.1) is 10.2 Å². The minimum absolute atomic E-state index is 0. The van der Waals surface area contributed by atoms with Crippen LogP contribution in [0.15, 0.2) is 63.7 Å². The molecule has 0 fully saturated rings. The number of hydrogen-bond acceptors (Lipinski definition) is 6. The monoisotopic (exact) mass is 434 g/mol. The Hall–Kier alpha value is -2.18. The van der Waals surface area contributed by atoms with E-state index >= 15 is 0 Å². The number of nitrogens with two attached hydrogens (primary N) is 1. The van der Waals surface area contributed by atoms with E-state index in [9.17, 15) is 26.7 Å². The molecule has 0 aliphatic rings. The fourth-order valence-electron chi connectivity index (χ4n) is 2.58. The van der Waals surface area contributed by atoms with Crippen LogP contribution in [0, 0.1) is 0 Å². The number of hydrogen-bond donors (Lipinski definition) is 3. The molecular weight excluding hydrogens is 422 g/mol. The molecule has 0 radical (unpaired) electrons. The predicted molar refractivity (Wildman–Crippen MR) is 95.5 cm³/mol. The molecule has 29 heavy (non-hydrogen) atoms. The van der Waals surface area contributed by atoms with Crippen molar-refractivity contribution in [3.05, 3.63) is 54.1 Å². The molecule has 0 amide bonds. The van der Waals surface area contributed by atoms with Crippen molar-refractivity contribution in [3.8, 4) is 5.75 Å². The number of anilines is 1. The summed E-state index contributed by atoms with van der Waals surface area (Å²) in [5.41, 5.74) is 4.20. The summed E-state index contributed by atoms with van der Waals surface area (Å²) in [6, 6.07) is 9.04. The van der Waals surface area contributed by atoms with Gasteiger partial charge in [0.15, 0.2) is 0 Å². The summed E-state index contributed by atoms with van der Waals surface area (Å²) in [7, 11) is -4.59. The first-order valence-electron chi connectivity index (χ1n) is 7.59. The van der Waals surface area contributed by atoms with Gasteiger partial charge in [0, 0.05) is 6.07 Å². The number of azo groups is 1. The number of benzene rings is 3. The van der Waals surface area contributed by atoms with Crippen LogP contribution in [-0.2, 0) is 16.3 Å². The molecule has 0 heterocycles. The molecular formula is C17H12F3N3NaO4S+. The summed E-state index contributed by atoms with van der Waals surface area (Å²) < 4.78 is 71.0. The Balaban J connectivity index is 0.00000300. The number of alkyl halides is 3. The maximum atomic E-state index is 13.1. The molecule has 0 unspecified atom stereocenters. The zero-order valence-corrected chi connectivity index (χ0v) is 17.7. The van der Waals surface area contributed by atoms with Gasteiger partial charge in [0.25, 0.3) is 10.1 Å². The zero-order valence-electron chi connectivity index (χ0n) is 14.8. The van der Waals surface area contributed by atoms with Crippen molar-refractivity contribution >= 4 is 38.0 Å². The fraction of sp³-hybridized carbons (Fsp3) is 0.0588. The van der Waals surface area contributed by atoms with Crippen LogP contribution in [0.3, 0.4) is 0 Å². The molecule has 0 aromatic heterocycles. The van der Waals surface area contributed by atoms with Crippen molar-refractivity contribution in [2.75, 3.05) is 5.73 Å². The van der Waals surface area contributed by atoms with E-state index in [-0.39, 0.29) is 51.7 Å². The Labute approximate surface area is 185 Å².